The number of rotatable bonds is 5. The van der Waals surface area contributed by atoms with Crippen molar-refractivity contribution >= 4 is 30.0 Å². The Morgan fingerprint density at radius 1 is 1.20 bits per heavy atom. The summed E-state index contributed by atoms with van der Waals surface area (Å²) in [4.78, 5) is 12.6. The highest BCUT2D eigenvalue weighted by Crippen LogP contribution is 2.30. The average molecular weight is 357 g/mol. The first-order valence-electron chi connectivity index (χ1n) is 8.62. The molecule has 0 radical (unpaired) electrons. The average Bonchev–Trinajstić information content (AvgIpc) is 2.76. The van der Waals surface area contributed by atoms with Crippen LogP contribution in [0.5, 0.6) is 0 Å². The molecule has 0 atom stereocenters. The predicted molar refractivity (Wildman–Crippen MR) is 102 cm³/mol. The van der Waals surface area contributed by atoms with E-state index in [1.165, 1.54) is 0 Å². The number of benzene rings is 2. The molecular formula is C20H22BClO3. The minimum Gasteiger partial charge on any atom is -0.423 e. The molecule has 0 saturated heterocycles. The normalized spacial score (nSPS) is 15.3. The number of Topliss-reactive ketones (excluding diaryl/α,β-unsaturated/α-hetero) is 1. The molecule has 5 heteroatoms. The zero-order chi connectivity index (χ0) is 18.2. The summed E-state index contributed by atoms with van der Waals surface area (Å²) in [5, 5.41) is 10.6. The first-order valence-corrected chi connectivity index (χ1v) is 9.00. The molecule has 130 valence electrons. The Morgan fingerprint density at radius 2 is 1.92 bits per heavy atom. The second-order valence-electron chi connectivity index (χ2n) is 7.07. The number of halogens is 1. The summed E-state index contributed by atoms with van der Waals surface area (Å²) >= 11 is 6.30. The lowest BCUT2D eigenvalue weighted by atomic mass is 9.77. The largest absolute Gasteiger partial charge is 0.492 e. The fraction of sp³-hybridized carbons (Fsp3) is 0.350. The van der Waals surface area contributed by atoms with Gasteiger partial charge in [0.1, 0.15) is 0 Å². The van der Waals surface area contributed by atoms with Gasteiger partial charge < -0.3 is 9.68 Å². The Labute approximate surface area is 154 Å². The van der Waals surface area contributed by atoms with E-state index in [1.807, 2.05) is 50.2 Å². The van der Waals surface area contributed by atoms with Crippen LogP contribution in [0.1, 0.15) is 54.2 Å². The van der Waals surface area contributed by atoms with Crippen molar-refractivity contribution < 1.29 is 14.5 Å². The number of fused-ring (bicyclic) bond motifs is 1. The van der Waals surface area contributed by atoms with Crippen molar-refractivity contribution in [3.8, 4) is 0 Å². The van der Waals surface area contributed by atoms with Crippen LogP contribution in [0.4, 0.5) is 0 Å². The fourth-order valence-electron chi connectivity index (χ4n) is 3.39. The Morgan fingerprint density at radius 3 is 2.60 bits per heavy atom. The number of aryl methyl sites for hydroxylation is 1. The molecule has 2 aromatic rings. The minimum absolute atomic E-state index is 0.0272. The van der Waals surface area contributed by atoms with Gasteiger partial charge >= 0.3 is 7.12 Å². The molecule has 0 amide bonds. The van der Waals surface area contributed by atoms with Crippen molar-refractivity contribution in [3.05, 3.63) is 63.7 Å². The van der Waals surface area contributed by atoms with Gasteiger partial charge in [0.05, 0.1) is 10.6 Å². The van der Waals surface area contributed by atoms with Crippen molar-refractivity contribution in [2.45, 2.75) is 45.6 Å². The predicted octanol–water partition coefficient (Wildman–Crippen LogP) is 3.67. The monoisotopic (exact) mass is 356 g/mol. The lowest BCUT2D eigenvalue weighted by molar-refractivity contribution is 0.0991. The van der Waals surface area contributed by atoms with Gasteiger partial charge in [-0.05, 0) is 54.6 Å². The van der Waals surface area contributed by atoms with Crippen molar-refractivity contribution in [3.63, 3.8) is 0 Å². The first-order chi connectivity index (χ1) is 11.8. The van der Waals surface area contributed by atoms with Gasteiger partial charge in [-0.25, -0.2) is 0 Å². The van der Waals surface area contributed by atoms with Crippen molar-refractivity contribution in [1.82, 2.24) is 0 Å². The SMILES string of the molecule is CCCc1ccc(C(=O)Cc2ccc3c(c2)B(O)OC3(C)C)c(Cl)c1. The van der Waals surface area contributed by atoms with E-state index in [2.05, 4.69) is 6.92 Å². The van der Waals surface area contributed by atoms with Gasteiger partial charge in [-0.1, -0.05) is 49.2 Å². The molecular weight excluding hydrogens is 334 g/mol. The third-order valence-corrected chi connectivity index (χ3v) is 4.99. The molecule has 25 heavy (non-hydrogen) atoms. The zero-order valence-electron chi connectivity index (χ0n) is 14.8. The summed E-state index contributed by atoms with van der Waals surface area (Å²) in [6.07, 6.45) is 2.24. The molecule has 0 unspecified atom stereocenters. The lowest BCUT2D eigenvalue weighted by Crippen LogP contribution is -2.29. The molecule has 3 rings (SSSR count). The third-order valence-electron chi connectivity index (χ3n) is 4.67. The molecule has 0 spiro atoms. The van der Waals surface area contributed by atoms with E-state index in [4.69, 9.17) is 16.3 Å². The van der Waals surface area contributed by atoms with E-state index >= 15 is 0 Å². The van der Waals surface area contributed by atoms with E-state index in [1.54, 1.807) is 0 Å². The maximum absolute atomic E-state index is 12.6. The van der Waals surface area contributed by atoms with Gasteiger partial charge in [-0.2, -0.15) is 0 Å². The molecule has 0 aliphatic carbocycles. The van der Waals surface area contributed by atoms with Gasteiger partial charge in [-0.15, -0.1) is 0 Å². The van der Waals surface area contributed by atoms with Crippen molar-refractivity contribution in [1.29, 1.82) is 0 Å². The highest BCUT2D eigenvalue weighted by molar-refractivity contribution is 6.62. The second-order valence-corrected chi connectivity index (χ2v) is 7.47. The standard InChI is InChI=1S/C20H22BClO3/c1-4-5-13-6-8-15(18(22)11-13)19(23)12-14-7-9-16-17(10-14)21(24)25-20(16,2)3/h6-11,24H,4-5,12H2,1-3H3. The number of hydrogen-bond acceptors (Lipinski definition) is 3. The molecule has 0 aromatic heterocycles. The van der Waals surface area contributed by atoms with Crippen LogP contribution in [0.2, 0.25) is 5.02 Å². The quantitative estimate of drug-likeness (QED) is 0.657. The first kappa shape index (κ1) is 18.2. The number of hydrogen-bond donors (Lipinski definition) is 1. The Hall–Kier alpha value is -1.62. The van der Waals surface area contributed by atoms with Crippen LogP contribution in [-0.4, -0.2) is 17.9 Å². The topological polar surface area (TPSA) is 46.5 Å². The molecule has 1 aliphatic rings. The van der Waals surface area contributed by atoms with E-state index in [0.29, 0.717) is 10.6 Å². The molecule has 2 aromatic carbocycles. The van der Waals surface area contributed by atoms with Crippen LogP contribution < -0.4 is 5.46 Å². The second kappa shape index (κ2) is 6.95. The minimum atomic E-state index is -0.947. The van der Waals surface area contributed by atoms with Gasteiger partial charge in [0.2, 0.25) is 0 Å². The summed E-state index contributed by atoms with van der Waals surface area (Å²) in [7, 11) is -0.947. The van der Waals surface area contributed by atoms with Gasteiger partial charge in [-0.3, -0.25) is 4.79 Å². The molecule has 0 saturated carbocycles. The van der Waals surface area contributed by atoms with Crippen LogP contribution >= 0.6 is 11.6 Å². The van der Waals surface area contributed by atoms with Crippen molar-refractivity contribution in [2.75, 3.05) is 0 Å². The molecule has 0 bridgehead atoms. The molecule has 1 aliphatic heterocycles. The van der Waals surface area contributed by atoms with Gasteiger partial charge in [0.15, 0.2) is 5.78 Å². The number of carbonyl (C=O) groups is 1. The summed E-state index contributed by atoms with van der Waals surface area (Å²) in [5.74, 6) is -0.0272. The summed E-state index contributed by atoms with van der Waals surface area (Å²) in [6.45, 7) is 5.95. The van der Waals surface area contributed by atoms with Crippen LogP contribution in [0.3, 0.4) is 0 Å². The molecule has 3 nitrogen and oxygen atoms in total. The van der Waals surface area contributed by atoms with E-state index in [-0.39, 0.29) is 12.2 Å². The van der Waals surface area contributed by atoms with Crippen LogP contribution in [-0.2, 0) is 23.1 Å². The molecule has 1 heterocycles. The van der Waals surface area contributed by atoms with Crippen LogP contribution in [0.15, 0.2) is 36.4 Å². The van der Waals surface area contributed by atoms with Crippen LogP contribution in [0, 0.1) is 0 Å². The van der Waals surface area contributed by atoms with E-state index in [9.17, 15) is 9.82 Å². The molecule has 1 N–H and O–H groups in total. The zero-order valence-corrected chi connectivity index (χ0v) is 15.6. The van der Waals surface area contributed by atoms with E-state index < -0.39 is 12.7 Å². The summed E-state index contributed by atoms with van der Waals surface area (Å²) < 4.78 is 5.57. The maximum atomic E-state index is 12.6. The maximum Gasteiger partial charge on any atom is 0.492 e. The van der Waals surface area contributed by atoms with Gasteiger partial charge in [0.25, 0.3) is 0 Å². The number of ketones is 1. The highest BCUT2D eigenvalue weighted by Gasteiger charge is 2.40. The summed E-state index contributed by atoms with van der Waals surface area (Å²) in [6, 6.07) is 11.3. The highest BCUT2D eigenvalue weighted by atomic mass is 35.5. The summed E-state index contributed by atoms with van der Waals surface area (Å²) in [5.41, 5.74) is 3.70. The lowest BCUT2D eigenvalue weighted by Gasteiger charge is -2.19. The third kappa shape index (κ3) is 3.66. The number of carbonyl (C=O) groups excluding carboxylic acids is 1. The fourth-order valence-corrected chi connectivity index (χ4v) is 3.70. The Kier molecular flexibility index (Phi) is 5.05. The Balaban J connectivity index is 1.82. The van der Waals surface area contributed by atoms with Gasteiger partial charge in [0, 0.05) is 12.0 Å². The van der Waals surface area contributed by atoms with Crippen molar-refractivity contribution in [2.24, 2.45) is 0 Å². The van der Waals surface area contributed by atoms with Crippen LogP contribution in [0.25, 0.3) is 0 Å². The van der Waals surface area contributed by atoms with E-state index in [0.717, 1.165) is 35.0 Å². The molecule has 0 fully saturated rings. The smallest absolute Gasteiger partial charge is 0.423 e. The Bertz CT molecular complexity index is 817.